The molecule has 0 bridgehead atoms. The summed E-state index contributed by atoms with van der Waals surface area (Å²) in [6.07, 6.45) is 0.108. The molecule has 0 atom stereocenters. The van der Waals surface area contributed by atoms with Crippen LogP contribution in [0.5, 0.6) is 5.75 Å². The van der Waals surface area contributed by atoms with E-state index in [1.165, 1.54) is 14.2 Å². The highest BCUT2D eigenvalue weighted by Crippen LogP contribution is 2.23. The smallest absolute Gasteiger partial charge is 0.307 e. The molecule has 0 saturated heterocycles. The summed E-state index contributed by atoms with van der Waals surface area (Å²) >= 11 is 0. The maximum absolute atomic E-state index is 11.9. The van der Waals surface area contributed by atoms with Crippen molar-refractivity contribution in [1.29, 1.82) is 0 Å². The fourth-order valence-electron chi connectivity index (χ4n) is 1.43. The van der Waals surface area contributed by atoms with Crippen LogP contribution in [0.25, 0.3) is 0 Å². The van der Waals surface area contributed by atoms with Crippen LogP contribution in [0.1, 0.15) is 16.8 Å². The van der Waals surface area contributed by atoms with E-state index in [9.17, 15) is 9.59 Å². The molecule has 98 valence electrons. The molecule has 6 nitrogen and oxygen atoms in total. The highest BCUT2D eigenvalue weighted by atomic mass is 16.5. The largest absolute Gasteiger partial charge is 0.496 e. The average molecular weight is 252 g/mol. The summed E-state index contributed by atoms with van der Waals surface area (Å²) in [6.45, 7) is 0.184. The van der Waals surface area contributed by atoms with Gasteiger partial charge in [0.2, 0.25) is 0 Å². The molecule has 0 aliphatic rings. The number of hydrogen-bond acceptors (Lipinski definition) is 5. The number of methoxy groups -OCH3 is 2. The zero-order chi connectivity index (χ0) is 13.5. The van der Waals surface area contributed by atoms with Gasteiger partial charge in [0, 0.05) is 12.2 Å². The third-order valence-corrected chi connectivity index (χ3v) is 2.35. The van der Waals surface area contributed by atoms with E-state index in [0.29, 0.717) is 11.4 Å². The van der Waals surface area contributed by atoms with Gasteiger partial charge in [-0.3, -0.25) is 9.59 Å². The molecule has 1 aromatic rings. The minimum absolute atomic E-state index is 0.108. The molecule has 0 aliphatic carbocycles. The lowest BCUT2D eigenvalue weighted by Gasteiger charge is -2.11. The Bertz CT molecular complexity index is 446. The van der Waals surface area contributed by atoms with Crippen LogP contribution in [0.4, 0.5) is 5.69 Å². The zero-order valence-electron chi connectivity index (χ0n) is 10.4. The van der Waals surface area contributed by atoms with E-state index in [0.717, 1.165) is 0 Å². The van der Waals surface area contributed by atoms with E-state index in [1.807, 2.05) is 0 Å². The molecule has 0 aliphatic heterocycles. The SMILES string of the molecule is COC(=O)CCNC(=O)c1c(N)cccc1OC. The summed E-state index contributed by atoms with van der Waals surface area (Å²) in [5.74, 6) is -0.372. The topological polar surface area (TPSA) is 90.7 Å². The van der Waals surface area contributed by atoms with Crippen molar-refractivity contribution in [3.63, 3.8) is 0 Å². The van der Waals surface area contributed by atoms with Crippen molar-refractivity contribution in [1.82, 2.24) is 5.32 Å². The van der Waals surface area contributed by atoms with Crippen molar-refractivity contribution in [2.24, 2.45) is 0 Å². The molecule has 0 spiro atoms. The normalized spacial score (nSPS) is 9.67. The van der Waals surface area contributed by atoms with Crippen LogP contribution in [0.15, 0.2) is 18.2 Å². The van der Waals surface area contributed by atoms with Gasteiger partial charge in [-0.1, -0.05) is 6.07 Å². The number of esters is 1. The van der Waals surface area contributed by atoms with Gasteiger partial charge in [-0.15, -0.1) is 0 Å². The second kappa shape index (κ2) is 6.48. The fourth-order valence-corrected chi connectivity index (χ4v) is 1.43. The number of ether oxygens (including phenoxy) is 2. The number of amides is 1. The Morgan fingerprint density at radius 1 is 1.33 bits per heavy atom. The first-order chi connectivity index (χ1) is 8.60. The van der Waals surface area contributed by atoms with E-state index in [4.69, 9.17) is 10.5 Å². The van der Waals surface area contributed by atoms with Gasteiger partial charge in [-0.2, -0.15) is 0 Å². The molecule has 0 radical (unpaired) electrons. The van der Waals surface area contributed by atoms with Crippen molar-refractivity contribution in [2.75, 3.05) is 26.5 Å². The molecule has 0 heterocycles. The van der Waals surface area contributed by atoms with Crippen LogP contribution in [-0.4, -0.2) is 32.6 Å². The van der Waals surface area contributed by atoms with Gasteiger partial charge in [-0.05, 0) is 12.1 Å². The Labute approximate surface area is 105 Å². The lowest BCUT2D eigenvalue weighted by atomic mass is 10.1. The van der Waals surface area contributed by atoms with Crippen LogP contribution in [0, 0.1) is 0 Å². The summed E-state index contributed by atoms with van der Waals surface area (Å²) in [7, 11) is 2.75. The molecular formula is C12H16N2O4. The van der Waals surface area contributed by atoms with E-state index in [1.54, 1.807) is 18.2 Å². The third-order valence-electron chi connectivity index (χ3n) is 2.35. The van der Waals surface area contributed by atoms with Gasteiger partial charge in [-0.25, -0.2) is 0 Å². The van der Waals surface area contributed by atoms with E-state index in [-0.39, 0.29) is 30.4 Å². The van der Waals surface area contributed by atoms with Gasteiger partial charge in [0.05, 0.1) is 20.6 Å². The van der Waals surface area contributed by atoms with E-state index < -0.39 is 0 Å². The van der Waals surface area contributed by atoms with Crippen LogP contribution >= 0.6 is 0 Å². The highest BCUT2D eigenvalue weighted by molar-refractivity contribution is 6.01. The molecule has 1 rings (SSSR count). The number of benzene rings is 1. The summed E-state index contributed by atoms with van der Waals surface area (Å²) in [4.78, 5) is 22.8. The maximum atomic E-state index is 11.9. The third kappa shape index (κ3) is 3.38. The van der Waals surface area contributed by atoms with Crippen molar-refractivity contribution in [3.05, 3.63) is 23.8 Å². The van der Waals surface area contributed by atoms with Gasteiger partial charge < -0.3 is 20.5 Å². The van der Waals surface area contributed by atoms with Crippen molar-refractivity contribution < 1.29 is 19.1 Å². The minimum Gasteiger partial charge on any atom is -0.496 e. The van der Waals surface area contributed by atoms with Crippen LogP contribution in [-0.2, 0) is 9.53 Å². The zero-order valence-corrected chi connectivity index (χ0v) is 10.4. The Hall–Kier alpha value is -2.24. The second-order valence-electron chi connectivity index (χ2n) is 3.51. The number of nitrogen functional groups attached to an aromatic ring is 1. The Morgan fingerprint density at radius 2 is 2.06 bits per heavy atom. The Morgan fingerprint density at radius 3 is 2.67 bits per heavy atom. The highest BCUT2D eigenvalue weighted by Gasteiger charge is 2.15. The molecule has 1 aromatic carbocycles. The first-order valence-electron chi connectivity index (χ1n) is 5.37. The van der Waals surface area contributed by atoms with Gasteiger partial charge in [0.15, 0.2) is 0 Å². The lowest BCUT2D eigenvalue weighted by Crippen LogP contribution is -2.27. The predicted molar refractivity (Wildman–Crippen MR) is 66.4 cm³/mol. The summed E-state index contributed by atoms with van der Waals surface area (Å²) in [5, 5.41) is 2.58. The molecule has 6 heteroatoms. The van der Waals surface area contributed by atoms with Gasteiger partial charge in [0.1, 0.15) is 11.3 Å². The summed E-state index contributed by atoms with van der Waals surface area (Å²) in [5.41, 5.74) is 6.32. The van der Waals surface area contributed by atoms with Gasteiger partial charge >= 0.3 is 5.97 Å². The lowest BCUT2D eigenvalue weighted by molar-refractivity contribution is -0.140. The van der Waals surface area contributed by atoms with Crippen molar-refractivity contribution in [2.45, 2.75) is 6.42 Å². The molecule has 18 heavy (non-hydrogen) atoms. The number of hydrogen-bond donors (Lipinski definition) is 2. The molecular weight excluding hydrogens is 236 g/mol. The monoisotopic (exact) mass is 252 g/mol. The standard InChI is InChI=1S/C12H16N2O4/c1-17-9-5-3-4-8(13)11(9)12(16)14-7-6-10(15)18-2/h3-5H,6-7,13H2,1-2H3,(H,14,16). The number of anilines is 1. The molecule has 3 N–H and O–H groups in total. The summed E-state index contributed by atoms with van der Waals surface area (Å²) < 4.78 is 9.53. The predicted octanol–water partition coefficient (Wildman–Crippen LogP) is 0.570. The first-order valence-corrected chi connectivity index (χ1v) is 5.37. The minimum atomic E-state index is -0.386. The molecule has 0 unspecified atom stereocenters. The van der Waals surface area contributed by atoms with E-state index >= 15 is 0 Å². The molecule has 0 aromatic heterocycles. The fraction of sp³-hybridized carbons (Fsp3) is 0.333. The average Bonchev–Trinajstić information content (AvgIpc) is 2.37. The number of nitrogens with two attached hydrogens (primary N) is 1. The van der Waals surface area contributed by atoms with Crippen molar-refractivity contribution >= 4 is 17.6 Å². The number of nitrogens with one attached hydrogen (secondary N) is 1. The van der Waals surface area contributed by atoms with Crippen LogP contribution < -0.4 is 15.8 Å². The summed E-state index contributed by atoms with van der Waals surface area (Å²) in [6, 6.07) is 4.95. The number of rotatable bonds is 5. The number of carbonyl (C=O) groups is 2. The maximum Gasteiger partial charge on any atom is 0.307 e. The van der Waals surface area contributed by atoms with Crippen LogP contribution in [0.3, 0.4) is 0 Å². The van der Waals surface area contributed by atoms with Crippen LogP contribution in [0.2, 0.25) is 0 Å². The van der Waals surface area contributed by atoms with Gasteiger partial charge in [0.25, 0.3) is 5.91 Å². The number of carbonyl (C=O) groups excluding carboxylic acids is 2. The second-order valence-corrected chi connectivity index (χ2v) is 3.51. The van der Waals surface area contributed by atoms with E-state index in [2.05, 4.69) is 10.1 Å². The first kappa shape index (κ1) is 13.8. The molecule has 0 saturated carbocycles. The molecule has 0 fully saturated rings. The Kier molecular flexibility index (Phi) is 4.98. The molecule has 1 amide bonds. The van der Waals surface area contributed by atoms with Crippen molar-refractivity contribution in [3.8, 4) is 5.75 Å². The Balaban J connectivity index is 2.69. The quantitative estimate of drug-likeness (QED) is 0.590.